The Morgan fingerprint density at radius 1 is 0.618 bits per heavy atom. The van der Waals surface area contributed by atoms with Gasteiger partial charge in [0.05, 0.1) is 59.5 Å². The number of rotatable bonds is 24. The van der Waals surface area contributed by atoms with Gasteiger partial charge < -0.3 is 28.8 Å². The number of hydrogen-bond acceptors (Lipinski definition) is 8. The number of aliphatic hydroxyl groups excluding tert-OH is 1. The molecule has 8 nitrogen and oxygen atoms in total. The summed E-state index contributed by atoms with van der Waals surface area (Å²) in [5.74, 6) is 16.3. The minimum atomic E-state index is -0.309. The van der Waals surface area contributed by atoms with E-state index in [1.807, 2.05) is 0 Å². The van der Waals surface area contributed by atoms with E-state index in [0.29, 0.717) is 72.7 Å². The first-order valence-corrected chi connectivity index (χ1v) is 12.0. The van der Waals surface area contributed by atoms with Crippen molar-refractivity contribution in [1.29, 1.82) is 0 Å². The first-order valence-electron chi connectivity index (χ1n) is 12.0. The highest BCUT2D eigenvalue weighted by atomic mass is 17.2. The molecule has 0 bridgehead atoms. The highest BCUT2D eigenvalue weighted by molar-refractivity contribution is 5.35. The Balaban J connectivity index is 3.44. The lowest BCUT2D eigenvalue weighted by Crippen LogP contribution is -2.15. The minimum Gasteiger partial charge on any atom is -0.394 e. The van der Waals surface area contributed by atoms with Gasteiger partial charge in [0.25, 0.3) is 0 Å². The van der Waals surface area contributed by atoms with Crippen molar-refractivity contribution >= 4 is 0 Å². The molecule has 1 unspecified atom stereocenters. The molecule has 0 aliphatic heterocycles. The van der Waals surface area contributed by atoms with Gasteiger partial charge in [-0.3, -0.25) is 0 Å². The lowest BCUT2D eigenvalue weighted by atomic mass is 10.2. The Hall–Kier alpha value is -1.64. The molecule has 0 spiro atoms. The predicted molar refractivity (Wildman–Crippen MR) is 130 cm³/mol. The van der Waals surface area contributed by atoms with Crippen LogP contribution in [-0.2, 0) is 33.5 Å². The van der Waals surface area contributed by atoms with E-state index in [1.54, 1.807) is 6.92 Å². The second-order valence-electron chi connectivity index (χ2n) is 6.94. The van der Waals surface area contributed by atoms with Crippen LogP contribution >= 0.6 is 0 Å². The van der Waals surface area contributed by atoms with Gasteiger partial charge in [-0.1, -0.05) is 31.6 Å². The van der Waals surface area contributed by atoms with E-state index in [-0.39, 0.29) is 12.7 Å². The fourth-order valence-electron chi connectivity index (χ4n) is 2.34. The van der Waals surface area contributed by atoms with Gasteiger partial charge in [0.15, 0.2) is 6.10 Å². The fourth-order valence-corrected chi connectivity index (χ4v) is 2.34. The monoisotopic (exact) mass is 482 g/mol. The van der Waals surface area contributed by atoms with Gasteiger partial charge in [-0.2, -0.15) is 0 Å². The maximum Gasteiger partial charge on any atom is 0.154 e. The summed E-state index contributed by atoms with van der Waals surface area (Å²) in [6, 6.07) is 0. The van der Waals surface area contributed by atoms with Gasteiger partial charge in [-0.25, -0.2) is 9.78 Å². The van der Waals surface area contributed by atoms with Gasteiger partial charge in [-0.05, 0) is 49.9 Å². The van der Waals surface area contributed by atoms with Crippen LogP contribution in [0.1, 0.15) is 46.0 Å². The van der Waals surface area contributed by atoms with E-state index in [2.05, 4.69) is 42.4 Å². The zero-order valence-corrected chi connectivity index (χ0v) is 20.9. The van der Waals surface area contributed by atoms with Gasteiger partial charge in [0.2, 0.25) is 0 Å². The summed E-state index contributed by atoms with van der Waals surface area (Å²) in [6.07, 6.45) is 4.41. The number of hydrogen-bond donors (Lipinski definition) is 1. The van der Waals surface area contributed by atoms with E-state index in [9.17, 15) is 0 Å². The number of aliphatic hydroxyl groups is 1. The largest absolute Gasteiger partial charge is 0.394 e. The molecule has 0 aromatic heterocycles. The Morgan fingerprint density at radius 3 is 1.71 bits per heavy atom. The van der Waals surface area contributed by atoms with Crippen LogP contribution in [0.4, 0.5) is 0 Å². The van der Waals surface area contributed by atoms with Crippen LogP contribution in [0.3, 0.4) is 0 Å². The summed E-state index contributed by atoms with van der Waals surface area (Å²) in [5.41, 5.74) is 0. The van der Waals surface area contributed by atoms with Gasteiger partial charge in [-0.15, -0.1) is 0 Å². The molecule has 0 rings (SSSR count). The summed E-state index contributed by atoms with van der Waals surface area (Å²) < 4.78 is 26.9. The molecule has 0 amide bonds. The Labute approximate surface area is 205 Å². The van der Waals surface area contributed by atoms with E-state index >= 15 is 0 Å². The first kappa shape index (κ1) is 32.4. The van der Waals surface area contributed by atoms with E-state index in [0.717, 1.165) is 32.1 Å². The van der Waals surface area contributed by atoms with Crippen LogP contribution in [-0.4, -0.2) is 90.5 Å². The van der Waals surface area contributed by atoms with Crippen LogP contribution in [0.15, 0.2) is 0 Å². The van der Waals surface area contributed by atoms with Crippen LogP contribution in [0, 0.1) is 35.5 Å². The van der Waals surface area contributed by atoms with Crippen LogP contribution in [0.5, 0.6) is 0 Å². The Kier molecular flexibility index (Phi) is 28.0. The molecule has 0 saturated heterocycles. The average molecular weight is 483 g/mol. The third kappa shape index (κ3) is 26.6. The van der Waals surface area contributed by atoms with Crippen molar-refractivity contribution in [3.8, 4) is 35.5 Å². The topological polar surface area (TPSA) is 84.8 Å². The molecule has 0 saturated carbocycles. The van der Waals surface area contributed by atoms with Crippen molar-refractivity contribution in [1.82, 2.24) is 0 Å². The third-order valence-corrected chi connectivity index (χ3v) is 4.04. The summed E-state index contributed by atoms with van der Waals surface area (Å²) >= 11 is 0. The molecule has 0 fully saturated rings. The van der Waals surface area contributed by atoms with Crippen LogP contribution < -0.4 is 0 Å². The third-order valence-electron chi connectivity index (χ3n) is 4.04. The van der Waals surface area contributed by atoms with E-state index < -0.39 is 0 Å². The molecular formula is C26H42O8. The lowest BCUT2D eigenvalue weighted by Gasteiger charge is -2.11. The zero-order chi connectivity index (χ0) is 24.8. The second-order valence-corrected chi connectivity index (χ2v) is 6.94. The standard InChI is InChI=1S/C26H42O8/c1-3-5-7-8-9-13-26(12-6-4-2)34-33-25-24-32-23-22-31-21-19-29-16-11-10-15-28-18-20-30-17-14-27/h26-27H,4,6,10-12,14-25H2,1-2H3. The van der Waals surface area contributed by atoms with E-state index in [4.69, 9.17) is 38.6 Å². The highest BCUT2D eigenvalue weighted by Gasteiger charge is 2.06. The second kappa shape index (κ2) is 29.4. The summed E-state index contributed by atoms with van der Waals surface area (Å²) in [5, 5.41) is 8.57. The molecule has 194 valence electrons. The van der Waals surface area contributed by atoms with Crippen molar-refractivity contribution in [2.75, 3.05) is 79.3 Å². The first-order chi connectivity index (χ1) is 16.8. The lowest BCUT2D eigenvalue weighted by molar-refractivity contribution is -0.317. The predicted octanol–water partition coefficient (Wildman–Crippen LogP) is 2.38. The molecule has 0 aromatic rings. The number of ether oxygens (including phenoxy) is 5. The molecule has 0 radical (unpaired) electrons. The SMILES string of the molecule is CC#CC#CC#CC(CCCC)OOCCOCCOCCOCCCCOCCOCCO. The molecule has 34 heavy (non-hydrogen) atoms. The van der Waals surface area contributed by atoms with Gasteiger partial charge in [0.1, 0.15) is 6.61 Å². The van der Waals surface area contributed by atoms with Gasteiger partial charge in [0, 0.05) is 13.2 Å². The number of unbranched alkanes of at least 4 members (excludes halogenated alkanes) is 2. The Bertz CT molecular complexity index is 605. The van der Waals surface area contributed by atoms with Crippen molar-refractivity contribution in [2.24, 2.45) is 0 Å². The molecular weight excluding hydrogens is 440 g/mol. The zero-order valence-electron chi connectivity index (χ0n) is 20.9. The van der Waals surface area contributed by atoms with Crippen LogP contribution in [0.2, 0.25) is 0 Å². The molecule has 0 aliphatic carbocycles. The quantitative estimate of drug-likeness (QED) is 0.0972. The smallest absolute Gasteiger partial charge is 0.154 e. The molecule has 1 atom stereocenters. The molecule has 0 heterocycles. The maximum absolute atomic E-state index is 8.57. The molecule has 0 aliphatic rings. The maximum atomic E-state index is 8.57. The normalized spacial score (nSPS) is 11.0. The van der Waals surface area contributed by atoms with Crippen molar-refractivity contribution in [3.05, 3.63) is 0 Å². The highest BCUT2D eigenvalue weighted by Crippen LogP contribution is 2.04. The molecule has 8 heteroatoms. The Morgan fingerprint density at radius 2 is 1.15 bits per heavy atom. The van der Waals surface area contributed by atoms with E-state index in [1.165, 1.54) is 0 Å². The average Bonchev–Trinajstić information content (AvgIpc) is 2.85. The fraction of sp³-hybridized carbons (Fsp3) is 0.769. The molecule has 1 N–H and O–H groups in total. The van der Waals surface area contributed by atoms with Crippen molar-refractivity contribution < 1.29 is 38.6 Å². The minimum absolute atomic E-state index is 0.0437. The summed E-state index contributed by atoms with van der Waals surface area (Å²) in [4.78, 5) is 10.6. The summed E-state index contributed by atoms with van der Waals surface area (Å²) in [6.45, 7) is 9.49. The van der Waals surface area contributed by atoms with Crippen LogP contribution in [0.25, 0.3) is 0 Å². The summed E-state index contributed by atoms with van der Waals surface area (Å²) in [7, 11) is 0. The van der Waals surface area contributed by atoms with Crippen molar-refractivity contribution in [3.63, 3.8) is 0 Å². The van der Waals surface area contributed by atoms with Crippen molar-refractivity contribution in [2.45, 2.75) is 52.1 Å². The molecule has 0 aromatic carbocycles. The van der Waals surface area contributed by atoms with Gasteiger partial charge >= 0.3 is 0 Å².